The van der Waals surface area contributed by atoms with Gasteiger partial charge in [0.1, 0.15) is 6.10 Å². The molecule has 7 nitrogen and oxygen atoms in total. The summed E-state index contributed by atoms with van der Waals surface area (Å²) in [4.78, 5) is 10.6. The summed E-state index contributed by atoms with van der Waals surface area (Å²) in [5.74, 6) is 0.161. The molecule has 1 rings (SSSR count). The molecule has 0 aliphatic heterocycles. The number of hydrogen-bond donors (Lipinski definition) is 2. The maximum atomic E-state index is 11.1. The van der Waals surface area contributed by atoms with Crippen molar-refractivity contribution in [3.05, 3.63) is 33.9 Å². The van der Waals surface area contributed by atoms with Crippen molar-refractivity contribution in [1.82, 2.24) is 5.32 Å². The lowest BCUT2D eigenvalue weighted by atomic mass is 10.1. The molecule has 0 radical (unpaired) electrons. The molecule has 2 unspecified atom stereocenters. The van der Waals surface area contributed by atoms with Crippen molar-refractivity contribution in [2.45, 2.75) is 32.6 Å². The van der Waals surface area contributed by atoms with Crippen LogP contribution in [0.15, 0.2) is 18.2 Å². The third kappa shape index (κ3) is 5.66. The number of benzene rings is 1. The Morgan fingerprint density at radius 2 is 2.14 bits per heavy atom. The quantitative estimate of drug-likeness (QED) is 0.407. The molecule has 0 saturated heterocycles. The number of aliphatic hydroxyl groups excluding tert-OH is 1. The maximum Gasteiger partial charge on any atom is 0.311 e. The zero-order chi connectivity index (χ0) is 15.8. The van der Waals surface area contributed by atoms with E-state index in [1.54, 1.807) is 33.1 Å². The highest BCUT2D eigenvalue weighted by molar-refractivity contribution is 5.48. The van der Waals surface area contributed by atoms with E-state index in [1.165, 1.54) is 6.07 Å². The molecule has 7 heteroatoms. The molecular weight excluding hydrogens is 276 g/mol. The van der Waals surface area contributed by atoms with E-state index in [2.05, 4.69) is 5.32 Å². The molecule has 118 valence electrons. The molecule has 0 aliphatic rings. The number of ether oxygens (including phenoxy) is 2. The molecule has 0 aliphatic carbocycles. The van der Waals surface area contributed by atoms with Gasteiger partial charge in [0.2, 0.25) is 0 Å². The fraction of sp³-hybridized carbons (Fsp3) is 0.571. The minimum absolute atomic E-state index is 0.103. The van der Waals surface area contributed by atoms with Crippen LogP contribution >= 0.6 is 0 Å². The molecule has 0 spiro atoms. The standard InChI is InChI=1S/C14H22N2O5/c1-10(17)11(2)21-14-5-4-12(8-13(14)16(18)19)9-15-6-7-20-3/h4-5,8,10-11,15,17H,6-7,9H2,1-3H3. The van der Waals surface area contributed by atoms with Crippen LogP contribution in [0.3, 0.4) is 0 Å². The highest BCUT2D eigenvalue weighted by Crippen LogP contribution is 2.29. The van der Waals surface area contributed by atoms with Gasteiger partial charge >= 0.3 is 5.69 Å². The Hall–Kier alpha value is -1.70. The minimum atomic E-state index is -0.708. The Labute approximate surface area is 124 Å². The maximum absolute atomic E-state index is 11.1. The van der Waals surface area contributed by atoms with E-state index in [0.29, 0.717) is 19.7 Å². The Morgan fingerprint density at radius 3 is 2.71 bits per heavy atom. The molecule has 21 heavy (non-hydrogen) atoms. The number of rotatable bonds is 9. The lowest BCUT2D eigenvalue weighted by Crippen LogP contribution is -2.26. The summed E-state index contributed by atoms with van der Waals surface area (Å²) in [7, 11) is 1.61. The molecule has 0 aromatic heterocycles. The first-order chi connectivity index (χ1) is 9.95. The summed E-state index contributed by atoms with van der Waals surface area (Å²) in [5.41, 5.74) is 0.684. The topological polar surface area (TPSA) is 93.9 Å². The van der Waals surface area contributed by atoms with E-state index in [1.807, 2.05) is 0 Å². The highest BCUT2D eigenvalue weighted by Gasteiger charge is 2.20. The molecule has 0 bridgehead atoms. The second-order valence-corrected chi connectivity index (χ2v) is 4.79. The van der Waals surface area contributed by atoms with Gasteiger partial charge in [-0.25, -0.2) is 0 Å². The van der Waals surface area contributed by atoms with Gasteiger partial charge in [0.25, 0.3) is 0 Å². The van der Waals surface area contributed by atoms with Crippen LogP contribution in [0, 0.1) is 10.1 Å². The first kappa shape index (κ1) is 17.4. The number of hydrogen-bond acceptors (Lipinski definition) is 6. The number of aliphatic hydroxyl groups is 1. The summed E-state index contributed by atoms with van der Waals surface area (Å²) in [6.45, 7) is 4.99. The Morgan fingerprint density at radius 1 is 1.43 bits per heavy atom. The Bertz CT molecular complexity index is 465. The first-order valence-corrected chi connectivity index (χ1v) is 6.77. The normalized spacial score (nSPS) is 13.7. The van der Waals surface area contributed by atoms with Crippen molar-refractivity contribution in [3.8, 4) is 5.75 Å². The number of nitro benzene ring substituents is 1. The molecule has 0 amide bonds. The molecule has 0 saturated carbocycles. The third-order valence-electron chi connectivity index (χ3n) is 3.02. The van der Waals surface area contributed by atoms with E-state index < -0.39 is 17.1 Å². The number of nitro groups is 1. The van der Waals surface area contributed by atoms with Crippen LogP contribution in [-0.4, -0.2) is 42.5 Å². The molecule has 0 heterocycles. The fourth-order valence-electron chi connectivity index (χ4n) is 1.62. The second-order valence-electron chi connectivity index (χ2n) is 4.79. The number of methoxy groups -OCH3 is 1. The highest BCUT2D eigenvalue weighted by atomic mass is 16.6. The van der Waals surface area contributed by atoms with Crippen molar-refractivity contribution >= 4 is 5.69 Å². The lowest BCUT2D eigenvalue weighted by Gasteiger charge is -2.17. The second kappa shape index (κ2) is 8.56. The van der Waals surface area contributed by atoms with E-state index in [0.717, 1.165) is 5.56 Å². The Kier molecular flexibility index (Phi) is 7.07. The van der Waals surface area contributed by atoms with Gasteiger partial charge in [-0.1, -0.05) is 6.07 Å². The minimum Gasteiger partial charge on any atom is -0.481 e. The van der Waals surface area contributed by atoms with Crippen molar-refractivity contribution < 1.29 is 19.5 Å². The van der Waals surface area contributed by atoms with Crippen LogP contribution in [0.4, 0.5) is 5.69 Å². The Balaban J connectivity index is 2.79. The summed E-state index contributed by atoms with van der Waals surface area (Å²) in [5, 5.41) is 23.7. The third-order valence-corrected chi connectivity index (χ3v) is 3.02. The number of nitrogens with zero attached hydrogens (tertiary/aromatic N) is 1. The average Bonchev–Trinajstić information content (AvgIpc) is 2.44. The average molecular weight is 298 g/mol. The van der Waals surface area contributed by atoms with Gasteiger partial charge in [0.05, 0.1) is 17.6 Å². The van der Waals surface area contributed by atoms with Crippen molar-refractivity contribution in [2.75, 3.05) is 20.3 Å². The van der Waals surface area contributed by atoms with Crippen LogP contribution in [0.2, 0.25) is 0 Å². The summed E-state index contributed by atoms with van der Waals surface area (Å²) >= 11 is 0. The van der Waals surface area contributed by atoms with Crippen molar-refractivity contribution in [1.29, 1.82) is 0 Å². The lowest BCUT2D eigenvalue weighted by molar-refractivity contribution is -0.386. The molecule has 1 aromatic rings. The van der Waals surface area contributed by atoms with Gasteiger partial charge in [0.15, 0.2) is 5.75 Å². The molecule has 2 atom stereocenters. The fourth-order valence-corrected chi connectivity index (χ4v) is 1.62. The predicted octanol–water partition coefficient (Wildman–Crippen LogP) is 1.48. The monoisotopic (exact) mass is 298 g/mol. The van der Waals surface area contributed by atoms with Crippen LogP contribution in [0.1, 0.15) is 19.4 Å². The van der Waals surface area contributed by atoms with Gasteiger partial charge in [-0.15, -0.1) is 0 Å². The van der Waals surface area contributed by atoms with Gasteiger partial charge in [0, 0.05) is 26.3 Å². The largest absolute Gasteiger partial charge is 0.481 e. The predicted molar refractivity (Wildman–Crippen MR) is 78.4 cm³/mol. The molecule has 2 N–H and O–H groups in total. The van der Waals surface area contributed by atoms with E-state index in [9.17, 15) is 15.2 Å². The van der Waals surface area contributed by atoms with E-state index in [4.69, 9.17) is 9.47 Å². The smallest absolute Gasteiger partial charge is 0.311 e. The van der Waals surface area contributed by atoms with Crippen LogP contribution < -0.4 is 10.1 Å². The van der Waals surface area contributed by atoms with E-state index in [-0.39, 0.29) is 11.4 Å². The van der Waals surface area contributed by atoms with Crippen molar-refractivity contribution in [3.63, 3.8) is 0 Å². The summed E-state index contributed by atoms with van der Waals surface area (Å²) < 4.78 is 10.3. The molecule has 1 aromatic carbocycles. The van der Waals surface area contributed by atoms with Crippen molar-refractivity contribution in [2.24, 2.45) is 0 Å². The van der Waals surface area contributed by atoms with Gasteiger partial charge in [-0.3, -0.25) is 10.1 Å². The zero-order valence-electron chi connectivity index (χ0n) is 12.5. The van der Waals surface area contributed by atoms with Crippen LogP contribution in [0.25, 0.3) is 0 Å². The zero-order valence-corrected chi connectivity index (χ0v) is 12.5. The van der Waals surface area contributed by atoms with Crippen LogP contribution in [0.5, 0.6) is 5.75 Å². The van der Waals surface area contributed by atoms with Crippen LogP contribution in [-0.2, 0) is 11.3 Å². The van der Waals surface area contributed by atoms with E-state index >= 15 is 0 Å². The van der Waals surface area contributed by atoms with Gasteiger partial charge < -0.3 is 19.9 Å². The van der Waals surface area contributed by atoms with Gasteiger partial charge in [-0.2, -0.15) is 0 Å². The number of nitrogens with one attached hydrogen (secondary N) is 1. The summed E-state index contributed by atoms with van der Waals surface area (Å²) in [6, 6.07) is 4.80. The first-order valence-electron chi connectivity index (χ1n) is 6.77. The molecular formula is C14H22N2O5. The summed E-state index contributed by atoms with van der Waals surface area (Å²) in [6.07, 6.45) is -1.23. The SMILES string of the molecule is COCCNCc1ccc(OC(C)C(C)O)c([N+](=O)[O-])c1. The molecule has 0 fully saturated rings. The van der Waals surface area contributed by atoms with Gasteiger partial charge in [-0.05, 0) is 25.5 Å².